The third kappa shape index (κ3) is 2.93. The fourth-order valence-electron chi connectivity index (χ4n) is 2.38. The quantitative estimate of drug-likeness (QED) is 0.670. The van der Waals surface area contributed by atoms with Crippen LogP contribution in [-0.4, -0.2) is 33.5 Å². The fourth-order valence-corrected chi connectivity index (χ4v) is 2.38. The van der Waals surface area contributed by atoms with Gasteiger partial charge in [0.2, 0.25) is 5.91 Å². The molecule has 1 amide bonds. The first kappa shape index (κ1) is 16.6. The van der Waals surface area contributed by atoms with E-state index in [0.29, 0.717) is 22.3 Å². The summed E-state index contributed by atoms with van der Waals surface area (Å²) in [6, 6.07) is 3.50. The molecule has 2 aromatic rings. The van der Waals surface area contributed by atoms with E-state index in [-0.39, 0.29) is 6.04 Å². The van der Waals surface area contributed by atoms with Crippen molar-refractivity contribution in [3.63, 3.8) is 0 Å². The zero-order valence-corrected chi connectivity index (χ0v) is 13.6. The van der Waals surface area contributed by atoms with Crippen molar-refractivity contribution in [1.82, 2.24) is 20.1 Å². The highest BCUT2D eigenvalue weighted by molar-refractivity contribution is 6.16. The summed E-state index contributed by atoms with van der Waals surface area (Å²) in [5, 5.41) is 16.4. The second-order valence-corrected chi connectivity index (χ2v) is 5.44. The fraction of sp³-hybridized carbons (Fsp3) is 0.438. The Morgan fingerprint density at radius 1 is 1.48 bits per heavy atom. The van der Waals surface area contributed by atoms with Crippen molar-refractivity contribution in [2.24, 2.45) is 5.92 Å². The van der Waals surface area contributed by atoms with Crippen LogP contribution in [0, 0.1) is 24.2 Å². The monoisotopic (exact) mass is 313 g/mol. The Hall–Kier alpha value is -2.75. The zero-order chi connectivity index (χ0) is 17.1. The molecule has 1 N–H and O–H groups in total. The van der Waals surface area contributed by atoms with Crippen LogP contribution in [-0.2, 0) is 4.79 Å². The first-order valence-corrected chi connectivity index (χ1v) is 7.44. The van der Waals surface area contributed by atoms with Crippen LogP contribution in [0.1, 0.15) is 42.4 Å². The number of fused-ring (bicyclic) bond motifs is 1. The number of carbonyl (C=O) groups excluding carboxylic acids is 2. The summed E-state index contributed by atoms with van der Waals surface area (Å²) in [4.78, 5) is 28.9. The molecule has 2 unspecified atom stereocenters. The van der Waals surface area contributed by atoms with E-state index in [9.17, 15) is 9.59 Å². The summed E-state index contributed by atoms with van der Waals surface area (Å²) >= 11 is 0. The predicted octanol–water partition coefficient (Wildman–Crippen LogP) is 1.78. The van der Waals surface area contributed by atoms with E-state index < -0.39 is 17.6 Å². The van der Waals surface area contributed by atoms with Gasteiger partial charge in [0.1, 0.15) is 0 Å². The molecule has 2 heterocycles. The van der Waals surface area contributed by atoms with Crippen molar-refractivity contribution in [2.45, 2.75) is 33.2 Å². The minimum atomic E-state index is -1.38. The van der Waals surface area contributed by atoms with Gasteiger partial charge in [-0.15, -0.1) is 0 Å². The highest BCUT2D eigenvalue weighted by Crippen LogP contribution is 2.24. The number of amides is 1. The average molecular weight is 313 g/mol. The minimum Gasteiger partial charge on any atom is -0.358 e. The van der Waals surface area contributed by atoms with Crippen molar-refractivity contribution in [3.8, 4) is 6.07 Å². The van der Waals surface area contributed by atoms with Crippen LogP contribution in [0.25, 0.3) is 11.0 Å². The Labute approximate surface area is 134 Å². The van der Waals surface area contributed by atoms with Crippen LogP contribution in [0.4, 0.5) is 0 Å². The molecule has 120 valence electrons. The molecule has 0 aliphatic carbocycles. The lowest BCUT2D eigenvalue weighted by molar-refractivity contribution is -0.121. The first-order chi connectivity index (χ1) is 10.9. The molecule has 23 heavy (non-hydrogen) atoms. The maximum Gasteiger partial charge on any atom is 0.245 e. The van der Waals surface area contributed by atoms with Crippen LogP contribution < -0.4 is 5.32 Å². The molecule has 0 aromatic carbocycles. The molecule has 0 radical (unpaired) electrons. The molecule has 2 aromatic heterocycles. The summed E-state index contributed by atoms with van der Waals surface area (Å²) < 4.78 is 1.76. The summed E-state index contributed by atoms with van der Waals surface area (Å²) in [5.74, 6) is -2.53. The molecule has 0 spiro atoms. The number of aryl methyl sites for hydroxylation is 1. The zero-order valence-electron chi connectivity index (χ0n) is 13.6. The van der Waals surface area contributed by atoms with Crippen molar-refractivity contribution >= 4 is 22.7 Å². The van der Waals surface area contributed by atoms with E-state index in [1.165, 1.54) is 7.05 Å². The molecule has 7 nitrogen and oxygen atoms in total. The lowest BCUT2D eigenvalue weighted by atomic mass is 9.96. The van der Waals surface area contributed by atoms with Crippen molar-refractivity contribution in [2.75, 3.05) is 7.05 Å². The second-order valence-electron chi connectivity index (χ2n) is 5.44. The van der Waals surface area contributed by atoms with Gasteiger partial charge < -0.3 is 5.32 Å². The molecule has 0 aliphatic heterocycles. The van der Waals surface area contributed by atoms with Crippen LogP contribution >= 0.6 is 0 Å². The van der Waals surface area contributed by atoms with Gasteiger partial charge in [-0.25, -0.2) is 9.67 Å². The number of Topliss-reactive ketones (excluding diaryl/α,β-unsaturated/α-hetero) is 1. The number of nitrogens with one attached hydrogen (secondary N) is 1. The van der Waals surface area contributed by atoms with Gasteiger partial charge in [-0.2, -0.15) is 10.4 Å². The van der Waals surface area contributed by atoms with Gasteiger partial charge in [-0.05, 0) is 26.3 Å². The second kappa shape index (κ2) is 6.57. The standard InChI is InChI=1S/C16H19N5O2/c1-5-10(3)21-15-13(8-19-21)11(6-9(2)20-15)14(22)12(7-17)16(23)18-4/h6,8,10,12H,5H2,1-4H3,(H,18,23). The van der Waals surface area contributed by atoms with Crippen LogP contribution in [0.3, 0.4) is 0 Å². The SMILES string of the molecule is CCC(C)n1ncc2c(C(=O)C(C#N)C(=O)NC)cc(C)nc21. The minimum absolute atomic E-state index is 0.135. The van der Waals surface area contributed by atoms with Gasteiger partial charge >= 0.3 is 0 Å². The Balaban J connectivity index is 2.62. The molecule has 0 bridgehead atoms. The van der Waals surface area contributed by atoms with E-state index in [0.717, 1.165) is 6.42 Å². The number of hydrogen-bond acceptors (Lipinski definition) is 5. The highest BCUT2D eigenvalue weighted by Gasteiger charge is 2.29. The highest BCUT2D eigenvalue weighted by atomic mass is 16.2. The number of carbonyl (C=O) groups is 2. The average Bonchev–Trinajstić information content (AvgIpc) is 2.97. The number of ketones is 1. The predicted molar refractivity (Wildman–Crippen MR) is 84.8 cm³/mol. The van der Waals surface area contributed by atoms with Crippen LogP contribution in [0.15, 0.2) is 12.3 Å². The van der Waals surface area contributed by atoms with Crippen molar-refractivity contribution in [3.05, 3.63) is 23.5 Å². The van der Waals surface area contributed by atoms with Crippen LogP contribution in [0.2, 0.25) is 0 Å². The number of pyridine rings is 1. The first-order valence-electron chi connectivity index (χ1n) is 7.44. The molecule has 2 rings (SSSR count). The topological polar surface area (TPSA) is 101 Å². The summed E-state index contributed by atoms with van der Waals surface area (Å²) in [6.07, 6.45) is 2.44. The molecule has 0 aliphatic rings. The molecule has 7 heteroatoms. The van der Waals surface area contributed by atoms with E-state index in [1.807, 2.05) is 13.8 Å². The maximum atomic E-state index is 12.6. The molecular formula is C16H19N5O2. The lowest BCUT2D eigenvalue weighted by Gasteiger charge is -2.12. The van der Waals surface area contributed by atoms with Gasteiger partial charge in [-0.1, -0.05) is 6.92 Å². The largest absolute Gasteiger partial charge is 0.358 e. The Kier molecular flexibility index (Phi) is 4.74. The normalized spacial score (nSPS) is 13.3. The summed E-state index contributed by atoms with van der Waals surface area (Å²) in [5.41, 5.74) is 1.54. The molecule has 0 saturated heterocycles. The van der Waals surface area contributed by atoms with Crippen molar-refractivity contribution in [1.29, 1.82) is 5.26 Å². The van der Waals surface area contributed by atoms with E-state index >= 15 is 0 Å². The third-order valence-corrected chi connectivity index (χ3v) is 3.87. The summed E-state index contributed by atoms with van der Waals surface area (Å²) in [7, 11) is 1.40. The molecular weight excluding hydrogens is 294 g/mol. The number of nitrogens with zero attached hydrogens (tertiary/aromatic N) is 4. The molecule has 2 atom stereocenters. The van der Waals surface area contributed by atoms with Gasteiger partial charge in [0, 0.05) is 23.7 Å². The van der Waals surface area contributed by atoms with Crippen LogP contribution in [0.5, 0.6) is 0 Å². The maximum absolute atomic E-state index is 12.6. The molecule has 0 saturated carbocycles. The van der Waals surface area contributed by atoms with E-state index in [4.69, 9.17) is 5.26 Å². The number of aromatic nitrogens is 3. The number of hydrogen-bond donors (Lipinski definition) is 1. The third-order valence-electron chi connectivity index (χ3n) is 3.87. The smallest absolute Gasteiger partial charge is 0.245 e. The Morgan fingerprint density at radius 3 is 2.74 bits per heavy atom. The summed E-state index contributed by atoms with van der Waals surface area (Å²) in [6.45, 7) is 5.82. The molecule has 0 fully saturated rings. The lowest BCUT2D eigenvalue weighted by Crippen LogP contribution is -2.32. The van der Waals surface area contributed by atoms with Gasteiger partial charge in [-0.3, -0.25) is 9.59 Å². The number of nitriles is 1. The Bertz CT molecular complexity index is 803. The van der Waals surface area contributed by atoms with E-state index in [2.05, 4.69) is 15.4 Å². The number of rotatable bonds is 5. The van der Waals surface area contributed by atoms with Gasteiger partial charge in [0.25, 0.3) is 0 Å². The van der Waals surface area contributed by atoms with Crippen molar-refractivity contribution < 1.29 is 9.59 Å². The van der Waals surface area contributed by atoms with Gasteiger partial charge in [0.05, 0.1) is 18.3 Å². The Morgan fingerprint density at radius 2 is 2.17 bits per heavy atom. The van der Waals surface area contributed by atoms with E-state index in [1.54, 1.807) is 29.9 Å². The van der Waals surface area contributed by atoms with Gasteiger partial charge in [0.15, 0.2) is 17.3 Å².